The fraction of sp³-hybridized carbons (Fsp3) is 0.0222. The molecular weight excluding hydrogens is 611 g/mol. The third-order valence-corrected chi connectivity index (χ3v) is 10.3. The molecule has 50 heavy (non-hydrogen) atoms. The van der Waals surface area contributed by atoms with Crippen LogP contribution in [0.3, 0.4) is 0 Å². The molecule has 1 aliphatic carbocycles. The minimum absolute atomic E-state index is 0.277. The summed E-state index contributed by atoms with van der Waals surface area (Å²) in [5.41, 5.74) is 12.9. The van der Waals surface area contributed by atoms with Gasteiger partial charge in [0.25, 0.3) is 0 Å². The zero-order valence-electron chi connectivity index (χ0n) is 26.9. The van der Waals surface area contributed by atoms with Crippen molar-refractivity contribution in [1.82, 2.24) is 14.9 Å². The van der Waals surface area contributed by atoms with Gasteiger partial charge in [0.15, 0.2) is 0 Å². The number of aromatic amines is 1. The number of benzene rings is 7. The number of fused-ring (bicyclic) bond motifs is 8. The normalized spacial score (nSPS) is 15.0. The van der Waals surface area contributed by atoms with E-state index in [1.54, 1.807) is 0 Å². The van der Waals surface area contributed by atoms with Gasteiger partial charge in [-0.1, -0.05) is 127 Å². The van der Waals surface area contributed by atoms with Crippen LogP contribution < -0.4 is 5.32 Å². The molecule has 0 amide bonds. The molecule has 2 aliphatic rings. The fourth-order valence-electron chi connectivity index (χ4n) is 8.06. The Morgan fingerprint density at radius 3 is 2.08 bits per heavy atom. The first kappa shape index (κ1) is 27.3. The lowest BCUT2D eigenvalue weighted by atomic mass is 9.98. The molecule has 3 heterocycles. The molecule has 2 aromatic heterocycles. The van der Waals surface area contributed by atoms with Gasteiger partial charge in [0.2, 0.25) is 5.96 Å². The SMILES string of the molecule is c1ccc(C2=NC(n3c4ccccc4c4cc(-c5ccc6[nH]c7c(c6c5)-c5cccc6cccc-7c56)ccc43)=NC(c3ccccc3)N2)cc1. The number of aliphatic imine (C=N–C) groups is 2. The lowest BCUT2D eigenvalue weighted by Gasteiger charge is -2.24. The van der Waals surface area contributed by atoms with Crippen LogP contribution in [0.1, 0.15) is 17.3 Å². The number of aromatic nitrogens is 2. The van der Waals surface area contributed by atoms with E-state index in [2.05, 4.69) is 148 Å². The lowest BCUT2D eigenvalue weighted by Crippen LogP contribution is -2.35. The molecular formula is C45H29N5. The van der Waals surface area contributed by atoms with Crippen LogP contribution in [0.4, 0.5) is 0 Å². The lowest BCUT2D eigenvalue weighted by molar-refractivity contribution is 0.668. The minimum atomic E-state index is -0.277. The Hall–Kier alpha value is -6.72. The van der Waals surface area contributed by atoms with E-state index in [1.807, 2.05) is 24.3 Å². The maximum absolute atomic E-state index is 5.22. The van der Waals surface area contributed by atoms with Crippen molar-refractivity contribution in [3.63, 3.8) is 0 Å². The van der Waals surface area contributed by atoms with Gasteiger partial charge in [-0.25, -0.2) is 4.99 Å². The average Bonchev–Trinajstić information content (AvgIpc) is 3.83. The molecule has 9 aromatic rings. The first-order chi connectivity index (χ1) is 24.8. The number of rotatable bonds is 3. The smallest absolute Gasteiger partial charge is 0.234 e. The number of amidine groups is 1. The molecule has 7 aromatic carbocycles. The molecule has 11 rings (SSSR count). The predicted molar refractivity (Wildman–Crippen MR) is 207 cm³/mol. The van der Waals surface area contributed by atoms with Gasteiger partial charge >= 0.3 is 0 Å². The zero-order chi connectivity index (χ0) is 32.8. The molecule has 2 N–H and O–H groups in total. The minimum Gasteiger partial charge on any atom is -0.354 e. The van der Waals surface area contributed by atoms with E-state index >= 15 is 0 Å². The van der Waals surface area contributed by atoms with Crippen LogP contribution in [0.2, 0.25) is 0 Å². The van der Waals surface area contributed by atoms with Crippen molar-refractivity contribution >= 4 is 55.3 Å². The second-order valence-corrected chi connectivity index (χ2v) is 13.1. The predicted octanol–water partition coefficient (Wildman–Crippen LogP) is 10.7. The van der Waals surface area contributed by atoms with Gasteiger partial charge in [0.1, 0.15) is 12.0 Å². The molecule has 0 saturated carbocycles. The Morgan fingerprint density at radius 1 is 0.540 bits per heavy atom. The number of para-hydroxylation sites is 1. The van der Waals surface area contributed by atoms with E-state index < -0.39 is 0 Å². The van der Waals surface area contributed by atoms with Crippen LogP contribution in [-0.4, -0.2) is 21.3 Å². The second kappa shape index (κ2) is 10.4. The van der Waals surface area contributed by atoms with Crippen molar-refractivity contribution in [3.05, 3.63) is 169 Å². The molecule has 1 unspecified atom stereocenters. The maximum Gasteiger partial charge on any atom is 0.234 e. The summed E-state index contributed by atoms with van der Waals surface area (Å²) in [6.45, 7) is 0. The van der Waals surface area contributed by atoms with Gasteiger partial charge in [-0.2, -0.15) is 4.99 Å². The summed E-state index contributed by atoms with van der Waals surface area (Å²) < 4.78 is 2.22. The molecule has 234 valence electrons. The molecule has 1 aliphatic heterocycles. The molecule has 0 fully saturated rings. The third-order valence-electron chi connectivity index (χ3n) is 10.3. The highest BCUT2D eigenvalue weighted by molar-refractivity contribution is 6.22. The first-order valence-electron chi connectivity index (χ1n) is 17.0. The number of nitrogens with zero attached hydrogens (tertiary/aromatic N) is 3. The van der Waals surface area contributed by atoms with E-state index in [-0.39, 0.29) is 6.17 Å². The second-order valence-electron chi connectivity index (χ2n) is 13.1. The summed E-state index contributed by atoms with van der Waals surface area (Å²) in [5.74, 6) is 1.46. The Balaban J connectivity index is 1.08. The van der Waals surface area contributed by atoms with Gasteiger partial charge in [-0.15, -0.1) is 0 Å². The molecule has 0 radical (unpaired) electrons. The van der Waals surface area contributed by atoms with Crippen LogP contribution in [0, 0.1) is 0 Å². The van der Waals surface area contributed by atoms with Crippen molar-refractivity contribution in [2.24, 2.45) is 9.98 Å². The monoisotopic (exact) mass is 639 g/mol. The summed E-state index contributed by atoms with van der Waals surface area (Å²) in [5, 5.41) is 9.81. The summed E-state index contributed by atoms with van der Waals surface area (Å²) in [4.78, 5) is 14.1. The standard InChI is InChI=1S/C45H29N5/c1-3-11-28(12-4-1)43-47-44(29-13-5-2-6-14-29)49-45(48-43)50-38-20-8-7-17-32(38)35-25-31(22-24-39(35)50)30-21-23-37-36(26-30)41-33-18-9-15-27-16-10-19-34(40(27)33)42(41)46-37/h1-26,43,46H,(H,47,48,49). The molecule has 1 atom stereocenters. The van der Waals surface area contributed by atoms with Crippen LogP contribution in [-0.2, 0) is 0 Å². The fourth-order valence-corrected chi connectivity index (χ4v) is 8.06. The number of nitrogens with one attached hydrogen (secondary N) is 2. The topological polar surface area (TPSA) is 57.5 Å². The Morgan fingerprint density at radius 2 is 1.24 bits per heavy atom. The molecule has 5 heteroatoms. The molecule has 0 saturated heterocycles. The molecule has 0 spiro atoms. The van der Waals surface area contributed by atoms with E-state index in [1.165, 1.54) is 60.4 Å². The van der Waals surface area contributed by atoms with Gasteiger partial charge in [0, 0.05) is 38.4 Å². The van der Waals surface area contributed by atoms with Crippen LogP contribution >= 0.6 is 0 Å². The van der Waals surface area contributed by atoms with Crippen molar-refractivity contribution < 1.29 is 0 Å². The highest BCUT2D eigenvalue weighted by Crippen LogP contribution is 2.50. The highest BCUT2D eigenvalue weighted by atomic mass is 15.3. The van der Waals surface area contributed by atoms with Gasteiger partial charge in [-0.05, 0) is 63.4 Å². The van der Waals surface area contributed by atoms with E-state index in [4.69, 9.17) is 9.98 Å². The zero-order valence-corrected chi connectivity index (χ0v) is 26.9. The number of H-pyrrole nitrogens is 1. The Kier molecular flexibility index (Phi) is 5.66. The van der Waals surface area contributed by atoms with Gasteiger partial charge < -0.3 is 10.3 Å². The molecule has 5 nitrogen and oxygen atoms in total. The maximum atomic E-state index is 5.22. The Labute approximate surface area is 287 Å². The quantitative estimate of drug-likeness (QED) is 0.199. The third kappa shape index (κ3) is 3.95. The van der Waals surface area contributed by atoms with E-state index in [0.717, 1.165) is 33.5 Å². The van der Waals surface area contributed by atoms with Gasteiger partial charge in [-0.3, -0.25) is 4.57 Å². The van der Waals surface area contributed by atoms with Gasteiger partial charge in [0.05, 0.1) is 16.7 Å². The number of hydrogen-bond acceptors (Lipinski definition) is 3. The summed E-state index contributed by atoms with van der Waals surface area (Å²) >= 11 is 0. The van der Waals surface area contributed by atoms with Crippen LogP contribution in [0.15, 0.2) is 168 Å². The van der Waals surface area contributed by atoms with E-state index in [9.17, 15) is 0 Å². The Bertz CT molecular complexity index is 2890. The van der Waals surface area contributed by atoms with E-state index in [0.29, 0.717) is 5.96 Å². The largest absolute Gasteiger partial charge is 0.354 e. The van der Waals surface area contributed by atoms with Crippen LogP contribution in [0.5, 0.6) is 0 Å². The summed E-state index contributed by atoms with van der Waals surface area (Å²) in [6, 6.07) is 56.1. The van der Waals surface area contributed by atoms with Crippen molar-refractivity contribution in [1.29, 1.82) is 0 Å². The van der Waals surface area contributed by atoms with Crippen molar-refractivity contribution in [2.45, 2.75) is 6.17 Å². The number of hydrogen-bond donors (Lipinski definition) is 2. The van der Waals surface area contributed by atoms with Crippen molar-refractivity contribution in [2.75, 3.05) is 0 Å². The highest BCUT2D eigenvalue weighted by Gasteiger charge is 2.26. The first-order valence-corrected chi connectivity index (χ1v) is 17.0. The average molecular weight is 640 g/mol. The van der Waals surface area contributed by atoms with Crippen molar-refractivity contribution in [3.8, 4) is 33.5 Å². The van der Waals surface area contributed by atoms with Crippen LogP contribution in [0.25, 0.3) is 77.0 Å². The molecule has 0 bridgehead atoms. The summed E-state index contributed by atoms with van der Waals surface area (Å²) in [6.07, 6.45) is -0.277. The summed E-state index contributed by atoms with van der Waals surface area (Å²) in [7, 11) is 0.